The summed E-state index contributed by atoms with van der Waals surface area (Å²) >= 11 is 0. The second-order valence-electron chi connectivity index (χ2n) is 4.03. The van der Waals surface area contributed by atoms with Crippen molar-refractivity contribution in [2.75, 3.05) is 7.05 Å². The van der Waals surface area contributed by atoms with Crippen LogP contribution in [0.3, 0.4) is 0 Å². The minimum atomic E-state index is -0.938. The first-order chi connectivity index (χ1) is 8.86. The second kappa shape index (κ2) is 6.14. The number of ether oxygens (including phenoxy) is 1. The summed E-state index contributed by atoms with van der Waals surface area (Å²) in [5.74, 6) is -0.0772. The molecule has 104 valence electrons. The van der Waals surface area contributed by atoms with Gasteiger partial charge in [-0.3, -0.25) is 14.9 Å². The van der Waals surface area contributed by atoms with Crippen LogP contribution in [0.15, 0.2) is 18.2 Å². The lowest BCUT2D eigenvalue weighted by Gasteiger charge is -2.17. The van der Waals surface area contributed by atoms with Crippen molar-refractivity contribution in [3.63, 3.8) is 0 Å². The molecule has 1 aromatic rings. The Labute approximate surface area is 110 Å². The Morgan fingerprint density at radius 1 is 1.47 bits per heavy atom. The number of nitro groups is 1. The number of amides is 1. The van der Waals surface area contributed by atoms with Crippen LogP contribution in [0.4, 0.5) is 5.69 Å². The van der Waals surface area contributed by atoms with E-state index >= 15 is 0 Å². The molecule has 0 bridgehead atoms. The fourth-order valence-electron chi connectivity index (χ4n) is 1.53. The number of hydrogen-bond donors (Lipinski definition) is 2. The molecular weight excluding hydrogens is 252 g/mol. The molecule has 2 N–H and O–H groups in total. The molecule has 0 saturated heterocycles. The van der Waals surface area contributed by atoms with Gasteiger partial charge in [-0.25, -0.2) is 0 Å². The number of hydrogen-bond acceptors (Lipinski definition) is 5. The van der Waals surface area contributed by atoms with E-state index < -0.39 is 17.1 Å². The summed E-state index contributed by atoms with van der Waals surface area (Å²) in [6.07, 6.45) is -1.70. The van der Waals surface area contributed by atoms with E-state index in [9.17, 15) is 20.0 Å². The van der Waals surface area contributed by atoms with Gasteiger partial charge in [0, 0.05) is 24.7 Å². The molecule has 0 aliphatic heterocycles. The number of nitrogens with zero attached hydrogens (tertiary/aromatic N) is 1. The number of carbonyl (C=O) groups excluding carboxylic acids is 1. The molecule has 1 aromatic carbocycles. The van der Waals surface area contributed by atoms with E-state index in [0.717, 1.165) is 0 Å². The highest BCUT2D eigenvalue weighted by Gasteiger charge is 2.19. The monoisotopic (exact) mass is 268 g/mol. The zero-order valence-electron chi connectivity index (χ0n) is 10.9. The Balaban J connectivity index is 3.07. The van der Waals surface area contributed by atoms with Crippen molar-refractivity contribution in [2.24, 2.45) is 0 Å². The van der Waals surface area contributed by atoms with Crippen LogP contribution in [0.2, 0.25) is 0 Å². The molecule has 0 aromatic heterocycles. The number of likely N-dealkylation sites (N-methyl/N-ethyl adjacent to an activating group) is 1. The molecule has 0 radical (unpaired) electrons. The third-order valence-corrected chi connectivity index (χ3v) is 2.57. The van der Waals surface area contributed by atoms with E-state index in [4.69, 9.17) is 4.74 Å². The number of nitrogens with one attached hydrogen (secondary N) is 1. The SMILES string of the molecule is CNC(=O)C(C)Oc1ccc([N+](=O)[O-])cc1[C@H](C)O. The third kappa shape index (κ3) is 3.65. The summed E-state index contributed by atoms with van der Waals surface area (Å²) in [5, 5.41) is 22.7. The van der Waals surface area contributed by atoms with Gasteiger partial charge in [0.2, 0.25) is 0 Å². The number of nitro benzene ring substituents is 1. The van der Waals surface area contributed by atoms with Gasteiger partial charge in [0.05, 0.1) is 11.0 Å². The van der Waals surface area contributed by atoms with Crippen LogP contribution >= 0.6 is 0 Å². The standard InChI is InChI=1S/C12H16N2O5/c1-7(15)10-6-9(14(17)18)4-5-11(10)19-8(2)12(16)13-3/h4-8,15H,1-3H3,(H,13,16)/t7-,8?/m0/s1. The fourth-order valence-corrected chi connectivity index (χ4v) is 1.53. The summed E-state index contributed by atoms with van der Waals surface area (Å²) in [7, 11) is 1.48. The molecule has 1 amide bonds. The molecular formula is C12H16N2O5. The van der Waals surface area contributed by atoms with E-state index in [1.165, 1.54) is 32.2 Å². The number of carbonyl (C=O) groups is 1. The molecule has 7 nitrogen and oxygen atoms in total. The minimum Gasteiger partial charge on any atom is -0.481 e. The van der Waals surface area contributed by atoms with Crippen LogP contribution in [0.25, 0.3) is 0 Å². The smallest absolute Gasteiger partial charge is 0.270 e. The largest absolute Gasteiger partial charge is 0.481 e. The molecule has 1 rings (SSSR count). The summed E-state index contributed by atoms with van der Waals surface area (Å²) in [5.41, 5.74) is 0.126. The van der Waals surface area contributed by atoms with Crippen molar-refractivity contribution in [2.45, 2.75) is 26.1 Å². The molecule has 0 aliphatic rings. The lowest BCUT2D eigenvalue weighted by molar-refractivity contribution is -0.385. The highest BCUT2D eigenvalue weighted by Crippen LogP contribution is 2.29. The van der Waals surface area contributed by atoms with E-state index in [1.807, 2.05) is 0 Å². The maximum atomic E-state index is 11.4. The van der Waals surface area contributed by atoms with Crippen LogP contribution in [0.1, 0.15) is 25.5 Å². The zero-order chi connectivity index (χ0) is 14.6. The lowest BCUT2D eigenvalue weighted by Crippen LogP contribution is -2.34. The summed E-state index contributed by atoms with van der Waals surface area (Å²) in [4.78, 5) is 21.5. The van der Waals surface area contributed by atoms with Crippen molar-refractivity contribution in [3.8, 4) is 5.75 Å². The first-order valence-corrected chi connectivity index (χ1v) is 5.71. The van der Waals surface area contributed by atoms with Crippen LogP contribution in [0.5, 0.6) is 5.75 Å². The number of aliphatic hydroxyl groups excluding tert-OH is 1. The topological polar surface area (TPSA) is 102 Å². The van der Waals surface area contributed by atoms with E-state index in [2.05, 4.69) is 5.32 Å². The average Bonchev–Trinajstić information content (AvgIpc) is 2.37. The molecule has 0 aliphatic carbocycles. The zero-order valence-corrected chi connectivity index (χ0v) is 10.9. The van der Waals surface area contributed by atoms with Crippen molar-refractivity contribution in [1.29, 1.82) is 0 Å². The van der Waals surface area contributed by atoms with Crippen molar-refractivity contribution < 1.29 is 19.6 Å². The van der Waals surface area contributed by atoms with E-state index in [1.54, 1.807) is 6.92 Å². The van der Waals surface area contributed by atoms with Crippen LogP contribution in [-0.4, -0.2) is 29.1 Å². The Morgan fingerprint density at radius 2 is 2.11 bits per heavy atom. The maximum Gasteiger partial charge on any atom is 0.270 e. The first-order valence-electron chi connectivity index (χ1n) is 5.71. The van der Waals surface area contributed by atoms with Gasteiger partial charge in [0.15, 0.2) is 6.10 Å². The van der Waals surface area contributed by atoms with Gasteiger partial charge in [-0.05, 0) is 19.9 Å². The molecule has 7 heteroatoms. The van der Waals surface area contributed by atoms with Crippen LogP contribution < -0.4 is 10.1 Å². The number of rotatable bonds is 5. The average molecular weight is 268 g/mol. The van der Waals surface area contributed by atoms with Crippen LogP contribution in [0, 0.1) is 10.1 Å². The summed E-state index contributed by atoms with van der Waals surface area (Å²) in [6, 6.07) is 3.87. The Kier molecular flexibility index (Phi) is 4.82. The fraction of sp³-hybridized carbons (Fsp3) is 0.417. The highest BCUT2D eigenvalue weighted by molar-refractivity contribution is 5.80. The Hall–Kier alpha value is -2.15. The van der Waals surface area contributed by atoms with Gasteiger partial charge in [-0.1, -0.05) is 0 Å². The normalized spacial score (nSPS) is 13.5. The van der Waals surface area contributed by atoms with E-state index in [0.29, 0.717) is 0 Å². The maximum absolute atomic E-state index is 11.4. The predicted octanol–water partition coefficient (Wildman–Crippen LogP) is 1.16. The van der Waals surface area contributed by atoms with Crippen LogP contribution in [-0.2, 0) is 4.79 Å². The molecule has 1 unspecified atom stereocenters. The summed E-state index contributed by atoms with van der Waals surface area (Å²) in [6.45, 7) is 3.02. The van der Waals surface area contributed by atoms with Crippen molar-refractivity contribution in [3.05, 3.63) is 33.9 Å². The first kappa shape index (κ1) is 14.9. The Bertz CT molecular complexity index is 487. The second-order valence-corrected chi connectivity index (χ2v) is 4.03. The van der Waals surface area contributed by atoms with Crippen molar-refractivity contribution in [1.82, 2.24) is 5.32 Å². The lowest BCUT2D eigenvalue weighted by atomic mass is 10.1. The predicted molar refractivity (Wildman–Crippen MR) is 67.9 cm³/mol. The molecule has 0 heterocycles. The molecule has 19 heavy (non-hydrogen) atoms. The highest BCUT2D eigenvalue weighted by atomic mass is 16.6. The quantitative estimate of drug-likeness (QED) is 0.616. The summed E-state index contributed by atoms with van der Waals surface area (Å²) < 4.78 is 5.40. The van der Waals surface area contributed by atoms with Gasteiger partial charge in [-0.2, -0.15) is 0 Å². The minimum absolute atomic E-state index is 0.143. The molecule has 2 atom stereocenters. The molecule has 0 spiro atoms. The van der Waals surface area contributed by atoms with Gasteiger partial charge < -0.3 is 15.2 Å². The van der Waals surface area contributed by atoms with E-state index in [-0.39, 0.29) is 22.9 Å². The third-order valence-electron chi connectivity index (χ3n) is 2.57. The van der Waals surface area contributed by atoms with Gasteiger partial charge in [-0.15, -0.1) is 0 Å². The number of benzene rings is 1. The van der Waals surface area contributed by atoms with Crippen molar-refractivity contribution >= 4 is 11.6 Å². The molecule has 0 saturated carbocycles. The van der Waals surface area contributed by atoms with Gasteiger partial charge in [0.1, 0.15) is 5.75 Å². The van der Waals surface area contributed by atoms with Gasteiger partial charge in [0.25, 0.3) is 11.6 Å². The Morgan fingerprint density at radius 3 is 2.58 bits per heavy atom. The number of non-ortho nitro benzene ring substituents is 1. The van der Waals surface area contributed by atoms with Gasteiger partial charge >= 0.3 is 0 Å². The molecule has 0 fully saturated rings. The number of aliphatic hydroxyl groups is 1.